The fraction of sp³-hybridized carbons (Fsp3) is 0.684. The van der Waals surface area contributed by atoms with E-state index in [-0.39, 0.29) is 0 Å². The van der Waals surface area contributed by atoms with Gasteiger partial charge in [-0.3, -0.25) is 0 Å². The van der Waals surface area contributed by atoms with Crippen molar-refractivity contribution in [1.82, 2.24) is 0 Å². The number of hydrogen-bond donors (Lipinski definition) is 0. The van der Waals surface area contributed by atoms with Crippen LogP contribution in [0.1, 0.15) is 89.2 Å². The summed E-state index contributed by atoms with van der Waals surface area (Å²) in [4.78, 5) is 0. The molecule has 0 heterocycles. The maximum absolute atomic E-state index is 2.37. The highest BCUT2D eigenvalue weighted by molar-refractivity contribution is 5.30. The summed E-state index contributed by atoms with van der Waals surface area (Å²) in [7, 11) is 0. The van der Waals surface area contributed by atoms with Crippen LogP contribution in [0.3, 0.4) is 0 Å². The highest BCUT2D eigenvalue weighted by atomic mass is 14.2. The van der Waals surface area contributed by atoms with Gasteiger partial charge in [0.15, 0.2) is 0 Å². The predicted octanol–water partition coefficient (Wildman–Crippen LogP) is 6.49. The number of benzene rings is 1. The molecule has 19 heavy (non-hydrogen) atoms. The maximum atomic E-state index is 2.37. The van der Waals surface area contributed by atoms with Gasteiger partial charge in [-0.25, -0.2) is 0 Å². The second-order valence-corrected chi connectivity index (χ2v) is 5.74. The largest absolute Gasteiger partial charge is 0.0654 e. The molecule has 1 aromatic rings. The van der Waals surface area contributed by atoms with Crippen molar-refractivity contribution >= 4 is 0 Å². The molecule has 0 spiro atoms. The molecule has 0 saturated carbocycles. The summed E-state index contributed by atoms with van der Waals surface area (Å²) < 4.78 is 0. The van der Waals surface area contributed by atoms with Gasteiger partial charge in [0.1, 0.15) is 0 Å². The van der Waals surface area contributed by atoms with Gasteiger partial charge >= 0.3 is 0 Å². The van der Waals surface area contributed by atoms with Gasteiger partial charge < -0.3 is 0 Å². The van der Waals surface area contributed by atoms with Crippen LogP contribution in [0.15, 0.2) is 24.3 Å². The van der Waals surface area contributed by atoms with Crippen molar-refractivity contribution in [2.75, 3.05) is 0 Å². The number of rotatable bonds is 10. The average molecular weight is 260 g/mol. The van der Waals surface area contributed by atoms with Gasteiger partial charge in [0.05, 0.1) is 0 Å². The van der Waals surface area contributed by atoms with Gasteiger partial charge in [-0.1, -0.05) is 83.6 Å². The van der Waals surface area contributed by atoms with E-state index in [1.54, 1.807) is 11.1 Å². The fourth-order valence-electron chi connectivity index (χ4n) is 3.05. The Morgan fingerprint density at radius 2 is 1.53 bits per heavy atom. The lowest BCUT2D eigenvalue weighted by molar-refractivity contribution is 0.513. The summed E-state index contributed by atoms with van der Waals surface area (Å²) in [5.74, 6) is 0.794. The third-order valence-electron chi connectivity index (χ3n) is 4.17. The van der Waals surface area contributed by atoms with E-state index in [1.807, 2.05) is 0 Å². The monoisotopic (exact) mass is 260 g/mol. The van der Waals surface area contributed by atoms with Gasteiger partial charge in [0.25, 0.3) is 0 Å². The van der Waals surface area contributed by atoms with Crippen LogP contribution in [-0.2, 0) is 6.42 Å². The minimum absolute atomic E-state index is 0.794. The number of unbranched alkanes of at least 4 members (excludes halogenated alkanes) is 4. The zero-order valence-corrected chi connectivity index (χ0v) is 13.3. The number of aryl methyl sites for hydroxylation is 1. The third kappa shape index (κ3) is 5.80. The lowest BCUT2D eigenvalue weighted by Crippen LogP contribution is -2.03. The Labute approximate surface area is 120 Å². The molecule has 0 aliphatic carbocycles. The van der Waals surface area contributed by atoms with Crippen LogP contribution < -0.4 is 0 Å². The van der Waals surface area contributed by atoms with Crippen molar-refractivity contribution in [3.63, 3.8) is 0 Å². The van der Waals surface area contributed by atoms with Crippen molar-refractivity contribution in [1.29, 1.82) is 0 Å². The van der Waals surface area contributed by atoms with Crippen LogP contribution in [-0.4, -0.2) is 0 Å². The summed E-state index contributed by atoms with van der Waals surface area (Å²) in [6, 6.07) is 9.08. The molecule has 0 aliphatic heterocycles. The molecule has 1 unspecified atom stereocenters. The first kappa shape index (κ1) is 16.3. The van der Waals surface area contributed by atoms with E-state index in [2.05, 4.69) is 45.0 Å². The molecule has 0 aromatic heterocycles. The summed E-state index contributed by atoms with van der Waals surface area (Å²) >= 11 is 0. The van der Waals surface area contributed by atoms with E-state index in [1.165, 1.54) is 57.8 Å². The Kier molecular flexibility index (Phi) is 8.62. The smallest absolute Gasteiger partial charge is 0.0159 e. The van der Waals surface area contributed by atoms with Gasteiger partial charge in [0.2, 0.25) is 0 Å². The zero-order valence-electron chi connectivity index (χ0n) is 13.3. The quantitative estimate of drug-likeness (QED) is 0.422. The van der Waals surface area contributed by atoms with Crippen LogP contribution >= 0.6 is 0 Å². The van der Waals surface area contributed by atoms with Gasteiger partial charge in [-0.15, -0.1) is 0 Å². The molecule has 1 atom stereocenters. The maximum Gasteiger partial charge on any atom is -0.0159 e. The van der Waals surface area contributed by atoms with E-state index in [4.69, 9.17) is 0 Å². The Balaban J connectivity index is 2.55. The van der Waals surface area contributed by atoms with E-state index < -0.39 is 0 Å². The zero-order chi connectivity index (χ0) is 13.9. The Hall–Kier alpha value is -0.780. The molecular formula is C19H32. The molecule has 1 aromatic carbocycles. The second kappa shape index (κ2) is 10.1. The molecule has 0 radical (unpaired) electrons. The van der Waals surface area contributed by atoms with Gasteiger partial charge in [-0.2, -0.15) is 0 Å². The lowest BCUT2D eigenvalue weighted by atomic mass is 9.86. The van der Waals surface area contributed by atoms with Crippen molar-refractivity contribution < 1.29 is 0 Å². The molecular weight excluding hydrogens is 228 g/mol. The standard InChI is InChI=1S/C19H32/c1-4-7-8-9-10-15-18(13-5-2)19-16-12-11-14-17(19)6-3/h11-12,14,16,18H,4-10,13,15H2,1-3H3. The van der Waals surface area contributed by atoms with Crippen molar-refractivity contribution in [3.05, 3.63) is 35.4 Å². The Bertz CT molecular complexity index is 327. The molecule has 0 heteroatoms. The molecule has 0 aliphatic rings. The Morgan fingerprint density at radius 3 is 2.21 bits per heavy atom. The SMILES string of the molecule is CCCCCCCC(CCC)c1ccccc1CC. The molecule has 0 saturated heterocycles. The molecule has 0 fully saturated rings. The first-order chi connectivity index (χ1) is 9.33. The summed E-state index contributed by atoms with van der Waals surface area (Å²) in [5, 5.41) is 0. The molecule has 0 N–H and O–H groups in total. The van der Waals surface area contributed by atoms with Crippen LogP contribution in [0, 0.1) is 0 Å². The van der Waals surface area contributed by atoms with Crippen molar-refractivity contribution in [3.8, 4) is 0 Å². The van der Waals surface area contributed by atoms with Crippen LogP contribution in [0.5, 0.6) is 0 Å². The van der Waals surface area contributed by atoms with Crippen molar-refractivity contribution in [2.24, 2.45) is 0 Å². The predicted molar refractivity (Wildman–Crippen MR) is 86.8 cm³/mol. The van der Waals surface area contributed by atoms with E-state index in [0.29, 0.717) is 0 Å². The highest BCUT2D eigenvalue weighted by Gasteiger charge is 2.13. The third-order valence-corrected chi connectivity index (χ3v) is 4.17. The van der Waals surface area contributed by atoms with E-state index in [0.717, 1.165) is 5.92 Å². The Morgan fingerprint density at radius 1 is 0.789 bits per heavy atom. The van der Waals surface area contributed by atoms with Crippen LogP contribution in [0.4, 0.5) is 0 Å². The normalized spacial score (nSPS) is 12.6. The molecule has 1 rings (SSSR count). The highest BCUT2D eigenvalue weighted by Crippen LogP contribution is 2.30. The summed E-state index contributed by atoms with van der Waals surface area (Å²) in [6.45, 7) is 6.89. The minimum Gasteiger partial charge on any atom is -0.0654 e. The molecule has 0 bridgehead atoms. The average Bonchev–Trinajstić information content (AvgIpc) is 2.46. The first-order valence-corrected chi connectivity index (χ1v) is 8.41. The molecule has 108 valence electrons. The van der Waals surface area contributed by atoms with Gasteiger partial charge in [0, 0.05) is 0 Å². The topological polar surface area (TPSA) is 0 Å². The molecule has 0 nitrogen and oxygen atoms in total. The van der Waals surface area contributed by atoms with E-state index >= 15 is 0 Å². The second-order valence-electron chi connectivity index (χ2n) is 5.74. The van der Waals surface area contributed by atoms with Crippen molar-refractivity contribution in [2.45, 2.75) is 84.5 Å². The van der Waals surface area contributed by atoms with Crippen LogP contribution in [0.25, 0.3) is 0 Å². The number of hydrogen-bond acceptors (Lipinski definition) is 0. The fourth-order valence-corrected chi connectivity index (χ4v) is 3.05. The first-order valence-electron chi connectivity index (χ1n) is 8.41. The summed E-state index contributed by atoms with van der Waals surface area (Å²) in [6.07, 6.45) is 12.2. The van der Waals surface area contributed by atoms with E-state index in [9.17, 15) is 0 Å². The minimum atomic E-state index is 0.794. The van der Waals surface area contributed by atoms with Gasteiger partial charge in [-0.05, 0) is 36.3 Å². The lowest BCUT2D eigenvalue weighted by Gasteiger charge is -2.19. The summed E-state index contributed by atoms with van der Waals surface area (Å²) in [5.41, 5.74) is 3.19. The molecule has 0 amide bonds. The van der Waals surface area contributed by atoms with Crippen LogP contribution in [0.2, 0.25) is 0 Å².